The van der Waals surface area contributed by atoms with Gasteiger partial charge in [0.2, 0.25) is 0 Å². The van der Waals surface area contributed by atoms with Gasteiger partial charge in [0.05, 0.1) is 17.4 Å². The maximum Gasteiger partial charge on any atom is 0.198 e. The molecule has 4 rings (SSSR count). The summed E-state index contributed by atoms with van der Waals surface area (Å²) in [6.45, 7) is 0. The second-order valence-electron chi connectivity index (χ2n) is 7.91. The topological polar surface area (TPSA) is 81.1 Å². The summed E-state index contributed by atoms with van der Waals surface area (Å²) in [5.41, 5.74) is 6.96. The van der Waals surface area contributed by atoms with Crippen LogP contribution in [0.1, 0.15) is 53.6 Å². The highest BCUT2D eigenvalue weighted by Gasteiger charge is 2.30. The van der Waals surface area contributed by atoms with Crippen molar-refractivity contribution in [1.29, 1.82) is 0 Å². The first-order valence-corrected chi connectivity index (χ1v) is 10.0. The summed E-state index contributed by atoms with van der Waals surface area (Å²) in [6, 6.07) is 10.2. The molecule has 0 radical (unpaired) electrons. The maximum absolute atomic E-state index is 14.1. The van der Waals surface area contributed by atoms with Gasteiger partial charge in [0.15, 0.2) is 11.6 Å². The normalized spacial score (nSPS) is 15.4. The van der Waals surface area contributed by atoms with Gasteiger partial charge in [-0.3, -0.25) is 4.79 Å². The average molecular weight is 411 g/mol. The Hall–Kier alpha value is -3.06. The van der Waals surface area contributed by atoms with E-state index in [0.29, 0.717) is 18.4 Å². The number of ketones is 1. The van der Waals surface area contributed by atoms with E-state index in [4.69, 9.17) is 5.73 Å². The number of benzene rings is 2. The van der Waals surface area contributed by atoms with E-state index < -0.39 is 17.2 Å². The van der Waals surface area contributed by atoms with Crippen molar-refractivity contribution in [2.75, 3.05) is 5.73 Å². The van der Waals surface area contributed by atoms with Crippen LogP contribution in [0.25, 0.3) is 5.69 Å². The highest BCUT2D eigenvalue weighted by atomic mass is 19.1. The first kappa shape index (κ1) is 20.2. The predicted octanol–water partition coefficient (Wildman–Crippen LogP) is 4.20. The Morgan fingerprint density at radius 2 is 1.93 bits per heavy atom. The van der Waals surface area contributed by atoms with Crippen LogP contribution < -0.4 is 5.73 Å². The number of hydrogen-bond acceptors (Lipinski definition) is 4. The van der Waals surface area contributed by atoms with Crippen molar-refractivity contribution in [3.05, 3.63) is 77.0 Å². The van der Waals surface area contributed by atoms with Crippen molar-refractivity contribution < 1.29 is 18.7 Å². The van der Waals surface area contributed by atoms with Gasteiger partial charge in [-0.15, -0.1) is 0 Å². The molecule has 0 atom stereocenters. The number of carbonyl (C=O) groups excluding carboxylic acids is 1. The number of nitrogens with two attached hydrogens (primary N) is 1. The molecule has 1 aromatic heterocycles. The van der Waals surface area contributed by atoms with Gasteiger partial charge < -0.3 is 10.8 Å². The summed E-state index contributed by atoms with van der Waals surface area (Å²) in [4.78, 5) is 13.0. The minimum Gasteiger partial charge on any atom is -0.390 e. The lowest BCUT2D eigenvalue weighted by molar-refractivity contribution is 0.0391. The molecule has 30 heavy (non-hydrogen) atoms. The van der Waals surface area contributed by atoms with Crippen molar-refractivity contribution in [2.24, 2.45) is 0 Å². The first-order valence-electron chi connectivity index (χ1n) is 10.0. The van der Waals surface area contributed by atoms with Crippen LogP contribution in [0.4, 0.5) is 14.6 Å². The van der Waals surface area contributed by atoms with Crippen molar-refractivity contribution in [3.63, 3.8) is 0 Å². The molecule has 0 saturated heterocycles. The van der Waals surface area contributed by atoms with Crippen LogP contribution in [-0.4, -0.2) is 26.3 Å². The quantitative estimate of drug-likeness (QED) is 0.596. The maximum atomic E-state index is 14.1. The van der Waals surface area contributed by atoms with E-state index in [1.54, 1.807) is 18.2 Å². The largest absolute Gasteiger partial charge is 0.390 e. The lowest BCUT2D eigenvalue weighted by Crippen LogP contribution is -2.24. The number of nitrogen functional groups attached to an aromatic ring is 1. The molecule has 1 aliphatic rings. The molecule has 156 valence electrons. The highest BCUT2D eigenvalue weighted by molar-refractivity contribution is 6.11. The number of carbonyl (C=O) groups is 1. The Bertz CT molecular complexity index is 1090. The second-order valence-corrected chi connectivity index (χ2v) is 7.91. The van der Waals surface area contributed by atoms with Crippen LogP contribution in [0, 0.1) is 11.6 Å². The third kappa shape index (κ3) is 3.98. The van der Waals surface area contributed by atoms with E-state index in [-0.39, 0.29) is 22.9 Å². The fourth-order valence-electron chi connectivity index (χ4n) is 4.06. The summed E-state index contributed by atoms with van der Waals surface area (Å²) in [7, 11) is 0. The van der Waals surface area contributed by atoms with E-state index in [1.807, 2.05) is 6.07 Å². The molecule has 1 fully saturated rings. The zero-order valence-corrected chi connectivity index (χ0v) is 16.4. The third-order valence-electron chi connectivity index (χ3n) is 5.79. The van der Waals surface area contributed by atoms with E-state index in [1.165, 1.54) is 12.3 Å². The second kappa shape index (κ2) is 7.99. The number of nitrogens with zero attached hydrogens (tertiary/aromatic N) is 2. The van der Waals surface area contributed by atoms with E-state index in [9.17, 15) is 18.7 Å². The molecule has 0 bridgehead atoms. The van der Waals surface area contributed by atoms with E-state index >= 15 is 0 Å². The van der Waals surface area contributed by atoms with Crippen LogP contribution in [0.3, 0.4) is 0 Å². The molecule has 7 heteroatoms. The number of aliphatic hydroxyl groups is 1. The summed E-state index contributed by atoms with van der Waals surface area (Å²) < 4.78 is 28.3. The number of hydrogen-bond donors (Lipinski definition) is 2. The van der Waals surface area contributed by atoms with Gasteiger partial charge in [0, 0.05) is 11.6 Å². The smallest absolute Gasteiger partial charge is 0.198 e. The van der Waals surface area contributed by atoms with Crippen molar-refractivity contribution in [2.45, 2.75) is 44.1 Å². The van der Waals surface area contributed by atoms with Crippen molar-refractivity contribution in [1.82, 2.24) is 9.78 Å². The minimum atomic E-state index is -0.823. The molecule has 0 amide bonds. The molecule has 0 unspecified atom stereocenters. The Morgan fingerprint density at radius 1 is 1.17 bits per heavy atom. The summed E-state index contributed by atoms with van der Waals surface area (Å²) >= 11 is 0. The molecular weight excluding hydrogens is 388 g/mol. The van der Waals surface area contributed by atoms with E-state index in [2.05, 4.69) is 5.10 Å². The summed E-state index contributed by atoms with van der Waals surface area (Å²) in [5.74, 6) is -1.88. The molecule has 5 nitrogen and oxygen atoms in total. The zero-order chi connectivity index (χ0) is 21.3. The Balaban J connectivity index is 1.56. The summed E-state index contributed by atoms with van der Waals surface area (Å²) in [5, 5.41) is 14.6. The fraction of sp³-hybridized carbons (Fsp3) is 0.304. The SMILES string of the molecule is Nc1c(C(=O)c2cccc(CCC3(O)CCCC3)c2)cnn1-c1ccc(F)cc1F. The van der Waals surface area contributed by atoms with Crippen LogP contribution >= 0.6 is 0 Å². The summed E-state index contributed by atoms with van der Waals surface area (Å²) in [6.07, 6.45) is 6.36. The van der Waals surface area contributed by atoms with Crippen LogP contribution in [0.15, 0.2) is 48.7 Å². The molecular formula is C23H23F2N3O2. The van der Waals surface area contributed by atoms with Crippen molar-refractivity contribution in [3.8, 4) is 5.69 Å². The first-order chi connectivity index (χ1) is 14.4. The van der Waals surface area contributed by atoms with Gasteiger partial charge >= 0.3 is 0 Å². The van der Waals surface area contributed by atoms with Gasteiger partial charge in [-0.1, -0.05) is 31.0 Å². The molecule has 0 spiro atoms. The van der Waals surface area contributed by atoms with Gasteiger partial charge in [-0.25, -0.2) is 13.5 Å². The van der Waals surface area contributed by atoms with E-state index in [0.717, 1.165) is 48.1 Å². The predicted molar refractivity (Wildman–Crippen MR) is 110 cm³/mol. The van der Waals surface area contributed by atoms with Crippen LogP contribution in [0.5, 0.6) is 0 Å². The van der Waals surface area contributed by atoms with Gasteiger partial charge in [0.1, 0.15) is 17.3 Å². The monoisotopic (exact) mass is 411 g/mol. The number of aromatic nitrogens is 2. The molecule has 2 aromatic carbocycles. The molecule has 1 heterocycles. The molecule has 1 aliphatic carbocycles. The van der Waals surface area contributed by atoms with Crippen LogP contribution in [-0.2, 0) is 6.42 Å². The van der Waals surface area contributed by atoms with Gasteiger partial charge in [-0.05, 0) is 49.4 Å². The standard InChI is InChI=1S/C23H23F2N3O2/c24-17-6-7-20(19(25)13-17)28-22(26)18(14-27-28)21(29)16-5-3-4-15(12-16)8-11-23(30)9-1-2-10-23/h3-7,12-14,30H,1-2,8-11,26H2. The third-order valence-corrected chi connectivity index (χ3v) is 5.79. The van der Waals surface area contributed by atoms with Crippen molar-refractivity contribution >= 4 is 11.6 Å². The molecule has 1 saturated carbocycles. The van der Waals surface area contributed by atoms with Crippen LogP contribution in [0.2, 0.25) is 0 Å². The lowest BCUT2D eigenvalue weighted by atomic mass is 9.92. The Labute approximate surface area is 173 Å². The average Bonchev–Trinajstić information content (AvgIpc) is 3.33. The van der Waals surface area contributed by atoms with Gasteiger partial charge in [-0.2, -0.15) is 5.10 Å². The molecule has 3 N–H and O–H groups in total. The minimum absolute atomic E-state index is 0.0174. The number of anilines is 1. The Morgan fingerprint density at radius 3 is 2.67 bits per heavy atom. The zero-order valence-electron chi connectivity index (χ0n) is 16.4. The molecule has 0 aliphatic heterocycles. The highest BCUT2D eigenvalue weighted by Crippen LogP contribution is 2.33. The lowest BCUT2D eigenvalue weighted by Gasteiger charge is -2.21. The van der Waals surface area contributed by atoms with Gasteiger partial charge in [0.25, 0.3) is 0 Å². The number of aryl methyl sites for hydroxylation is 1. The number of halogens is 2. The molecule has 3 aromatic rings. The number of rotatable bonds is 6. The Kier molecular flexibility index (Phi) is 5.39. The fourth-order valence-corrected chi connectivity index (χ4v) is 4.06.